The zero-order valence-electron chi connectivity index (χ0n) is 12.4. The van der Waals surface area contributed by atoms with Gasteiger partial charge in [0.15, 0.2) is 0 Å². The van der Waals surface area contributed by atoms with Crippen molar-refractivity contribution < 1.29 is 0 Å². The average molecular weight is 305 g/mol. The molecule has 0 aliphatic carbocycles. The van der Waals surface area contributed by atoms with Gasteiger partial charge in [-0.05, 0) is 18.3 Å². The number of halogens is 1. The van der Waals surface area contributed by atoms with E-state index < -0.39 is 0 Å². The molecule has 1 unspecified atom stereocenters. The van der Waals surface area contributed by atoms with E-state index in [2.05, 4.69) is 36.7 Å². The van der Waals surface area contributed by atoms with Gasteiger partial charge in [-0.2, -0.15) is 0 Å². The van der Waals surface area contributed by atoms with Crippen molar-refractivity contribution in [3.05, 3.63) is 0 Å². The van der Waals surface area contributed by atoms with E-state index in [0.29, 0.717) is 5.41 Å². The van der Waals surface area contributed by atoms with Crippen molar-refractivity contribution >= 4 is 15.9 Å². The first-order valence-electron chi connectivity index (χ1n) is 7.74. The summed E-state index contributed by atoms with van der Waals surface area (Å²) in [4.78, 5) is 0. The Morgan fingerprint density at radius 2 is 1.24 bits per heavy atom. The van der Waals surface area contributed by atoms with Gasteiger partial charge in [-0.25, -0.2) is 0 Å². The van der Waals surface area contributed by atoms with E-state index in [9.17, 15) is 0 Å². The molecular weight excluding hydrogens is 272 g/mol. The summed E-state index contributed by atoms with van der Waals surface area (Å²) in [5, 5.41) is 1.17. The third-order valence-electron chi connectivity index (χ3n) is 3.81. The smallest absolute Gasteiger partial charge is 0.00853 e. The fourth-order valence-corrected chi connectivity index (χ4v) is 3.11. The van der Waals surface area contributed by atoms with Crippen LogP contribution in [0.4, 0.5) is 0 Å². The molecule has 0 radical (unpaired) electrons. The van der Waals surface area contributed by atoms with E-state index >= 15 is 0 Å². The fourth-order valence-electron chi connectivity index (χ4n) is 2.55. The summed E-state index contributed by atoms with van der Waals surface area (Å²) < 4.78 is 0. The highest BCUT2D eigenvalue weighted by Crippen LogP contribution is 2.32. The van der Waals surface area contributed by atoms with Crippen molar-refractivity contribution in [2.75, 3.05) is 5.33 Å². The molecule has 0 aliphatic rings. The lowest BCUT2D eigenvalue weighted by molar-refractivity contribution is 0.301. The molecule has 104 valence electrons. The molecule has 0 aromatic heterocycles. The predicted molar refractivity (Wildman–Crippen MR) is 84.0 cm³/mol. The zero-order valence-corrected chi connectivity index (χ0v) is 13.9. The SMILES string of the molecule is CCCCCCCCCCC(C)(CBr)CCC. The van der Waals surface area contributed by atoms with Crippen molar-refractivity contribution in [2.24, 2.45) is 5.41 Å². The van der Waals surface area contributed by atoms with Gasteiger partial charge in [0.25, 0.3) is 0 Å². The van der Waals surface area contributed by atoms with Crippen LogP contribution in [0.2, 0.25) is 0 Å². The van der Waals surface area contributed by atoms with Crippen LogP contribution in [-0.4, -0.2) is 5.33 Å². The molecule has 0 saturated heterocycles. The number of rotatable bonds is 12. The quantitative estimate of drug-likeness (QED) is 0.277. The van der Waals surface area contributed by atoms with Crippen molar-refractivity contribution in [2.45, 2.75) is 91.4 Å². The topological polar surface area (TPSA) is 0 Å². The number of unbranched alkanes of at least 4 members (excludes halogenated alkanes) is 7. The number of hydrogen-bond acceptors (Lipinski definition) is 0. The van der Waals surface area contributed by atoms with Crippen molar-refractivity contribution in [3.63, 3.8) is 0 Å². The molecule has 0 aromatic rings. The van der Waals surface area contributed by atoms with Gasteiger partial charge < -0.3 is 0 Å². The minimum Gasteiger partial charge on any atom is -0.0922 e. The van der Waals surface area contributed by atoms with Gasteiger partial charge in [0, 0.05) is 5.33 Å². The normalized spacial score (nSPS) is 14.8. The lowest BCUT2D eigenvalue weighted by Crippen LogP contribution is -2.17. The fraction of sp³-hybridized carbons (Fsp3) is 1.00. The van der Waals surface area contributed by atoms with Gasteiger partial charge >= 0.3 is 0 Å². The van der Waals surface area contributed by atoms with Gasteiger partial charge in [0.05, 0.1) is 0 Å². The largest absolute Gasteiger partial charge is 0.0922 e. The van der Waals surface area contributed by atoms with Gasteiger partial charge in [-0.15, -0.1) is 0 Å². The molecular formula is C16H33Br. The van der Waals surface area contributed by atoms with Crippen LogP contribution in [0.1, 0.15) is 91.4 Å². The molecule has 1 heteroatoms. The van der Waals surface area contributed by atoms with E-state index in [4.69, 9.17) is 0 Å². The summed E-state index contributed by atoms with van der Waals surface area (Å²) in [6, 6.07) is 0. The minimum absolute atomic E-state index is 0.553. The van der Waals surface area contributed by atoms with Gasteiger partial charge in [-0.3, -0.25) is 0 Å². The Kier molecular flexibility index (Phi) is 11.9. The van der Waals surface area contributed by atoms with Crippen LogP contribution in [0.15, 0.2) is 0 Å². The molecule has 0 amide bonds. The van der Waals surface area contributed by atoms with Gasteiger partial charge in [0.2, 0.25) is 0 Å². The maximum absolute atomic E-state index is 3.68. The van der Waals surface area contributed by atoms with E-state index in [1.54, 1.807) is 0 Å². The third-order valence-corrected chi connectivity index (χ3v) is 5.16. The third kappa shape index (κ3) is 10.1. The Bertz CT molecular complexity index is 156. The number of alkyl halides is 1. The Morgan fingerprint density at radius 3 is 1.71 bits per heavy atom. The van der Waals surface area contributed by atoms with Crippen LogP contribution in [0.3, 0.4) is 0 Å². The van der Waals surface area contributed by atoms with Crippen LogP contribution >= 0.6 is 15.9 Å². The molecule has 0 bridgehead atoms. The summed E-state index contributed by atoms with van der Waals surface area (Å²) in [5.74, 6) is 0. The summed E-state index contributed by atoms with van der Waals surface area (Å²) in [6.45, 7) is 7.02. The van der Waals surface area contributed by atoms with Crippen molar-refractivity contribution in [1.29, 1.82) is 0 Å². The Balaban J connectivity index is 3.37. The maximum Gasteiger partial charge on any atom is 0.00853 e. The first-order valence-corrected chi connectivity index (χ1v) is 8.86. The van der Waals surface area contributed by atoms with Crippen molar-refractivity contribution in [1.82, 2.24) is 0 Å². The summed E-state index contributed by atoms with van der Waals surface area (Å²) >= 11 is 3.68. The first kappa shape index (κ1) is 17.5. The maximum atomic E-state index is 3.68. The van der Waals surface area contributed by atoms with E-state index in [1.165, 1.54) is 76.0 Å². The molecule has 0 spiro atoms. The highest BCUT2D eigenvalue weighted by molar-refractivity contribution is 9.09. The minimum atomic E-state index is 0.553. The second-order valence-corrected chi connectivity index (χ2v) is 6.48. The second kappa shape index (κ2) is 11.6. The van der Waals surface area contributed by atoms with Crippen LogP contribution in [0.25, 0.3) is 0 Å². The Morgan fingerprint density at radius 1 is 0.706 bits per heavy atom. The van der Waals surface area contributed by atoms with E-state index in [0.717, 1.165) is 0 Å². The summed E-state index contributed by atoms with van der Waals surface area (Å²) in [7, 11) is 0. The molecule has 0 heterocycles. The van der Waals surface area contributed by atoms with E-state index in [-0.39, 0.29) is 0 Å². The van der Waals surface area contributed by atoms with Gasteiger partial charge in [0.1, 0.15) is 0 Å². The highest BCUT2D eigenvalue weighted by Gasteiger charge is 2.20. The monoisotopic (exact) mass is 304 g/mol. The zero-order chi connectivity index (χ0) is 13.0. The van der Waals surface area contributed by atoms with E-state index in [1.807, 2.05) is 0 Å². The molecule has 1 atom stereocenters. The molecule has 0 N–H and O–H groups in total. The van der Waals surface area contributed by atoms with Crippen LogP contribution < -0.4 is 0 Å². The summed E-state index contributed by atoms with van der Waals surface area (Å²) in [5.41, 5.74) is 0.553. The molecule has 0 rings (SSSR count). The molecule has 0 nitrogen and oxygen atoms in total. The lowest BCUT2D eigenvalue weighted by atomic mass is 9.82. The Hall–Kier alpha value is 0.480. The number of hydrogen-bond donors (Lipinski definition) is 0. The van der Waals surface area contributed by atoms with Gasteiger partial charge in [-0.1, -0.05) is 94.5 Å². The average Bonchev–Trinajstić information content (AvgIpc) is 2.33. The van der Waals surface area contributed by atoms with Crippen LogP contribution in [-0.2, 0) is 0 Å². The Labute approximate surface area is 118 Å². The van der Waals surface area contributed by atoms with Crippen molar-refractivity contribution in [3.8, 4) is 0 Å². The van der Waals surface area contributed by atoms with Crippen LogP contribution in [0.5, 0.6) is 0 Å². The standard InChI is InChI=1S/C16H33Br/c1-4-6-7-8-9-10-11-12-14-16(3,15-17)13-5-2/h4-15H2,1-3H3. The molecule has 0 aliphatic heterocycles. The molecule has 0 aromatic carbocycles. The lowest BCUT2D eigenvalue weighted by Gasteiger charge is -2.26. The molecule has 0 saturated carbocycles. The van der Waals surface area contributed by atoms with Crippen LogP contribution in [0, 0.1) is 5.41 Å². The highest BCUT2D eigenvalue weighted by atomic mass is 79.9. The predicted octanol–water partition coefficient (Wildman–Crippen LogP) is 6.72. The molecule has 0 fully saturated rings. The molecule has 17 heavy (non-hydrogen) atoms. The first-order chi connectivity index (χ1) is 8.18. The second-order valence-electron chi connectivity index (χ2n) is 5.92. The summed E-state index contributed by atoms with van der Waals surface area (Å²) in [6.07, 6.45) is 15.6.